The van der Waals surface area contributed by atoms with E-state index in [9.17, 15) is 0 Å². The third-order valence-corrected chi connectivity index (χ3v) is 1.81. The van der Waals surface area contributed by atoms with Crippen molar-refractivity contribution in [2.45, 2.75) is 6.42 Å². The van der Waals surface area contributed by atoms with Gasteiger partial charge in [0.1, 0.15) is 0 Å². The Kier molecular flexibility index (Phi) is 2.45. The molecule has 1 aliphatic rings. The topological polar surface area (TPSA) is 61.9 Å². The van der Waals surface area contributed by atoms with Crippen molar-refractivity contribution in [2.24, 2.45) is 11.7 Å². The monoisotopic (exact) mass is 139 g/mol. The predicted octanol–water partition coefficient (Wildman–Crippen LogP) is 0.0881. The number of hydrogen-bond acceptors (Lipinski definition) is 3. The molecule has 0 radical (unpaired) electrons. The molecule has 3 nitrogen and oxygen atoms in total. The zero-order chi connectivity index (χ0) is 7.40. The fourth-order valence-electron chi connectivity index (χ4n) is 1.17. The smallest absolute Gasteiger partial charge is 0.0194 e. The lowest BCUT2D eigenvalue weighted by atomic mass is 10.1. The zero-order valence-electron chi connectivity index (χ0n) is 5.93. The Bertz CT molecular complexity index is 145. The summed E-state index contributed by atoms with van der Waals surface area (Å²) in [6.45, 7) is 2.02. The molecule has 1 saturated heterocycles. The van der Waals surface area contributed by atoms with Gasteiger partial charge in [-0.15, -0.1) is 0 Å². The SMILES string of the molecule is N=CC=C(N)C1CCNC1. The Labute approximate surface area is 60.8 Å². The van der Waals surface area contributed by atoms with Gasteiger partial charge in [-0.25, -0.2) is 0 Å². The third kappa shape index (κ3) is 1.57. The van der Waals surface area contributed by atoms with Crippen molar-refractivity contribution in [3.8, 4) is 0 Å². The molecule has 0 aromatic carbocycles. The molecule has 10 heavy (non-hydrogen) atoms. The van der Waals surface area contributed by atoms with Crippen LogP contribution in [-0.4, -0.2) is 19.3 Å². The van der Waals surface area contributed by atoms with E-state index in [4.69, 9.17) is 11.1 Å². The van der Waals surface area contributed by atoms with E-state index in [0.717, 1.165) is 25.2 Å². The summed E-state index contributed by atoms with van der Waals surface area (Å²) in [7, 11) is 0. The molecule has 0 aromatic heterocycles. The maximum absolute atomic E-state index is 6.80. The van der Waals surface area contributed by atoms with Crippen LogP contribution in [0.2, 0.25) is 0 Å². The highest BCUT2D eigenvalue weighted by Crippen LogP contribution is 2.12. The van der Waals surface area contributed by atoms with Crippen LogP contribution in [0.3, 0.4) is 0 Å². The van der Waals surface area contributed by atoms with Crippen LogP contribution in [0.4, 0.5) is 0 Å². The van der Waals surface area contributed by atoms with Crippen LogP contribution in [0, 0.1) is 11.3 Å². The molecule has 0 saturated carbocycles. The van der Waals surface area contributed by atoms with Crippen LogP contribution in [0.25, 0.3) is 0 Å². The lowest BCUT2D eigenvalue weighted by Gasteiger charge is -2.06. The predicted molar refractivity (Wildman–Crippen MR) is 42.0 cm³/mol. The van der Waals surface area contributed by atoms with E-state index < -0.39 is 0 Å². The number of allylic oxidation sites excluding steroid dienone is 1. The molecule has 1 fully saturated rings. The highest BCUT2D eigenvalue weighted by atomic mass is 14.9. The normalized spacial score (nSPS) is 26.8. The summed E-state index contributed by atoms with van der Waals surface area (Å²) >= 11 is 0. The first-order valence-corrected chi connectivity index (χ1v) is 3.51. The van der Waals surface area contributed by atoms with Gasteiger partial charge in [-0.05, 0) is 19.0 Å². The second kappa shape index (κ2) is 3.37. The van der Waals surface area contributed by atoms with Gasteiger partial charge in [0.05, 0.1) is 0 Å². The van der Waals surface area contributed by atoms with Crippen molar-refractivity contribution in [1.82, 2.24) is 5.32 Å². The summed E-state index contributed by atoms with van der Waals surface area (Å²) in [6, 6.07) is 0. The molecule has 1 aliphatic heterocycles. The molecule has 3 heteroatoms. The van der Waals surface area contributed by atoms with Crippen LogP contribution in [0.15, 0.2) is 11.8 Å². The molecule has 1 atom stereocenters. The standard InChI is InChI=1S/C7H13N3/c8-3-1-7(9)6-2-4-10-5-6/h1,3,6,8,10H,2,4-5,9H2. The van der Waals surface area contributed by atoms with Gasteiger partial charge >= 0.3 is 0 Å². The van der Waals surface area contributed by atoms with Gasteiger partial charge in [-0.1, -0.05) is 0 Å². The zero-order valence-corrected chi connectivity index (χ0v) is 5.93. The quantitative estimate of drug-likeness (QED) is 0.475. The van der Waals surface area contributed by atoms with Crippen molar-refractivity contribution in [1.29, 1.82) is 5.41 Å². The van der Waals surface area contributed by atoms with E-state index >= 15 is 0 Å². The molecule has 1 rings (SSSR count). The van der Waals surface area contributed by atoms with Crippen LogP contribution in [-0.2, 0) is 0 Å². The van der Waals surface area contributed by atoms with Crippen molar-refractivity contribution >= 4 is 6.21 Å². The number of nitrogens with one attached hydrogen (secondary N) is 2. The minimum atomic E-state index is 0.460. The van der Waals surface area contributed by atoms with Gasteiger partial charge in [-0.3, -0.25) is 0 Å². The Hall–Kier alpha value is -0.830. The minimum absolute atomic E-state index is 0.460. The molecule has 0 aliphatic carbocycles. The van der Waals surface area contributed by atoms with E-state index in [1.807, 2.05) is 0 Å². The van der Waals surface area contributed by atoms with E-state index in [2.05, 4.69) is 5.32 Å². The first-order valence-electron chi connectivity index (χ1n) is 3.51. The average molecular weight is 139 g/mol. The second-order valence-electron chi connectivity index (χ2n) is 2.52. The molecule has 0 amide bonds. The summed E-state index contributed by atoms with van der Waals surface area (Å²) in [5, 5.41) is 10.0. The number of rotatable bonds is 2. The average Bonchev–Trinajstić information content (AvgIpc) is 2.38. The molecule has 0 bridgehead atoms. The van der Waals surface area contributed by atoms with Gasteiger partial charge < -0.3 is 16.5 Å². The minimum Gasteiger partial charge on any atom is -0.402 e. The van der Waals surface area contributed by atoms with E-state index in [-0.39, 0.29) is 0 Å². The first kappa shape index (κ1) is 7.28. The van der Waals surface area contributed by atoms with Crippen molar-refractivity contribution in [3.05, 3.63) is 11.8 Å². The summed E-state index contributed by atoms with van der Waals surface area (Å²) in [6.07, 6.45) is 4.02. The maximum atomic E-state index is 6.80. The molecule has 1 unspecified atom stereocenters. The van der Waals surface area contributed by atoms with Gasteiger partial charge in [-0.2, -0.15) is 0 Å². The summed E-state index contributed by atoms with van der Waals surface area (Å²) in [5.74, 6) is 0.460. The lowest BCUT2D eigenvalue weighted by molar-refractivity contribution is 0.674. The number of hydrogen-bond donors (Lipinski definition) is 3. The molecular formula is C7H13N3. The van der Waals surface area contributed by atoms with E-state index in [1.54, 1.807) is 6.08 Å². The Balaban J connectivity index is 2.46. The van der Waals surface area contributed by atoms with Crippen LogP contribution >= 0.6 is 0 Å². The number of nitrogens with two attached hydrogens (primary N) is 1. The lowest BCUT2D eigenvalue weighted by Crippen LogP contribution is -2.15. The Morgan fingerprint density at radius 3 is 3.00 bits per heavy atom. The molecule has 1 heterocycles. The van der Waals surface area contributed by atoms with Crippen molar-refractivity contribution in [2.75, 3.05) is 13.1 Å². The van der Waals surface area contributed by atoms with Gasteiger partial charge in [0.25, 0.3) is 0 Å². The summed E-state index contributed by atoms with van der Waals surface area (Å²) in [5.41, 5.74) is 6.49. The van der Waals surface area contributed by atoms with Crippen LogP contribution < -0.4 is 11.1 Å². The molecule has 4 N–H and O–H groups in total. The highest BCUT2D eigenvalue weighted by Gasteiger charge is 2.15. The van der Waals surface area contributed by atoms with E-state index in [0.29, 0.717) is 5.92 Å². The second-order valence-corrected chi connectivity index (χ2v) is 2.52. The fraction of sp³-hybridized carbons (Fsp3) is 0.571. The van der Waals surface area contributed by atoms with Gasteiger partial charge in [0.15, 0.2) is 0 Å². The Morgan fingerprint density at radius 2 is 2.50 bits per heavy atom. The highest BCUT2D eigenvalue weighted by molar-refractivity contribution is 5.68. The summed E-state index contributed by atoms with van der Waals surface area (Å²) in [4.78, 5) is 0. The van der Waals surface area contributed by atoms with Crippen molar-refractivity contribution in [3.63, 3.8) is 0 Å². The van der Waals surface area contributed by atoms with Gasteiger partial charge in [0, 0.05) is 24.4 Å². The Morgan fingerprint density at radius 1 is 1.70 bits per heavy atom. The maximum Gasteiger partial charge on any atom is 0.0194 e. The fourth-order valence-corrected chi connectivity index (χ4v) is 1.17. The van der Waals surface area contributed by atoms with Crippen molar-refractivity contribution < 1.29 is 0 Å². The largest absolute Gasteiger partial charge is 0.402 e. The van der Waals surface area contributed by atoms with Gasteiger partial charge in [0.2, 0.25) is 0 Å². The molecule has 0 spiro atoms. The summed E-state index contributed by atoms with van der Waals surface area (Å²) < 4.78 is 0. The molecule has 0 aromatic rings. The first-order chi connectivity index (χ1) is 4.84. The van der Waals surface area contributed by atoms with E-state index in [1.165, 1.54) is 6.21 Å². The van der Waals surface area contributed by atoms with Crippen LogP contribution in [0.5, 0.6) is 0 Å². The third-order valence-electron chi connectivity index (χ3n) is 1.81. The molecule has 56 valence electrons. The molecular weight excluding hydrogens is 126 g/mol. The van der Waals surface area contributed by atoms with Crippen LogP contribution in [0.1, 0.15) is 6.42 Å².